The molecular formula is C29H26O5. The molecule has 3 aromatic carbocycles. The van der Waals surface area contributed by atoms with E-state index in [4.69, 9.17) is 14.2 Å². The summed E-state index contributed by atoms with van der Waals surface area (Å²) in [4.78, 5) is 23.0. The molecule has 0 bridgehead atoms. The van der Waals surface area contributed by atoms with E-state index in [1.807, 2.05) is 48.5 Å². The van der Waals surface area contributed by atoms with Crippen molar-refractivity contribution in [1.29, 1.82) is 0 Å². The van der Waals surface area contributed by atoms with Gasteiger partial charge in [-0.15, -0.1) is 0 Å². The lowest BCUT2D eigenvalue weighted by Gasteiger charge is -2.10. The number of allylic oxidation sites excluding steroid dienone is 1. The minimum Gasteiger partial charge on any atom is -0.489 e. The third kappa shape index (κ3) is 7.11. The van der Waals surface area contributed by atoms with Crippen LogP contribution in [0, 0.1) is 11.8 Å². The number of ether oxygens (including phenoxy) is 3. The second-order valence-electron chi connectivity index (χ2n) is 7.81. The first-order valence-corrected chi connectivity index (χ1v) is 10.7. The molecule has 0 aromatic heterocycles. The van der Waals surface area contributed by atoms with Crippen LogP contribution in [0.2, 0.25) is 0 Å². The first-order chi connectivity index (χ1) is 16.3. The van der Waals surface area contributed by atoms with Crippen molar-refractivity contribution >= 4 is 22.5 Å². The molecule has 5 heteroatoms. The quantitative estimate of drug-likeness (QED) is 0.178. The molecule has 3 aromatic rings. The summed E-state index contributed by atoms with van der Waals surface area (Å²) in [5.74, 6) is 6.75. The van der Waals surface area contributed by atoms with Crippen LogP contribution in [0.5, 0.6) is 11.5 Å². The molecule has 3 rings (SSSR count). The van der Waals surface area contributed by atoms with Crippen LogP contribution >= 0.6 is 0 Å². The summed E-state index contributed by atoms with van der Waals surface area (Å²) < 4.78 is 16.2. The van der Waals surface area contributed by atoms with Gasteiger partial charge in [-0.1, -0.05) is 49.3 Å². The molecule has 0 aliphatic heterocycles. The van der Waals surface area contributed by atoms with Crippen LogP contribution in [0.1, 0.15) is 31.4 Å². The summed E-state index contributed by atoms with van der Waals surface area (Å²) in [6, 6.07) is 19.1. The van der Waals surface area contributed by atoms with E-state index >= 15 is 0 Å². The van der Waals surface area contributed by atoms with Gasteiger partial charge in [0.15, 0.2) is 5.78 Å². The first kappa shape index (κ1) is 24.3. The highest BCUT2D eigenvalue weighted by Crippen LogP contribution is 2.23. The lowest BCUT2D eigenvalue weighted by atomic mass is 10.1. The fourth-order valence-electron chi connectivity index (χ4n) is 2.89. The van der Waals surface area contributed by atoms with Crippen LogP contribution in [0.4, 0.5) is 0 Å². The first-order valence-electron chi connectivity index (χ1n) is 10.7. The van der Waals surface area contributed by atoms with E-state index in [0.717, 1.165) is 27.6 Å². The van der Waals surface area contributed by atoms with E-state index in [2.05, 4.69) is 25.0 Å². The van der Waals surface area contributed by atoms with Crippen LogP contribution in [0.25, 0.3) is 10.8 Å². The Morgan fingerprint density at radius 1 is 0.824 bits per heavy atom. The summed E-state index contributed by atoms with van der Waals surface area (Å²) in [5, 5.41) is 2.08. The highest BCUT2D eigenvalue weighted by atomic mass is 16.7. The Balaban J connectivity index is 1.54. The molecule has 0 heterocycles. The number of esters is 1. The molecule has 34 heavy (non-hydrogen) atoms. The van der Waals surface area contributed by atoms with Gasteiger partial charge in [-0.25, -0.2) is 4.79 Å². The van der Waals surface area contributed by atoms with Crippen molar-refractivity contribution in [3.63, 3.8) is 0 Å². The zero-order chi connectivity index (χ0) is 24.5. The lowest BCUT2D eigenvalue weighted by Crippen LogP contribution is -2.10. The minimum absolute atomic E-state index is 0.0404. The van der Waals surface area contributed by atoms with Gasteiger partial charge in [-0.05, 0) is 72.2 Å². The van der Waals surface area contributed by atoms with Gasteiger partial charge in [0.1, 0.15) is 18.1 Å². The van der Waals surface area contributed by atoms with E-state index in [9.17, 15) is 9.59 Å². The molecule has 0 aliphatic rings. The van der Waals surface area contributed by atoms with Crippen LogP contribution in [0.15, 0.2) is 85.0 Å². The second-order valence-corrected chi connectivity index (χ2v) is 7.81. The third-order valence-electron chi connectivity index (χ3n) is 4.86. The number of Topliss-reactive ketones (excluding diaryl/α,β-unsaturated/α-hetero) is 1. The smallest absolute Gasteiger partial charge is 0.335 e. The number of rotatable bonds is 9. The summed E-state index contributed by atoms with van der Waals surface area (Å²) in [7, 11) is 0. The molecular weight excluding hydrogens is 428 g/mol. The van der Waals surface area contributed by atoms with Gasteiger partial charge in [-0.3, -0.25) is 4.79 Å². The number of fused-ring (bicyclic) bond motifs is 1. The predicted molar refractivity (Wildman–Crippen MR) is 132 cm³/mol. The monoisotopic (exact) mass is 454 g/mol. The number of hydrogen-bond acceptors (Lipinski definition) is 5. The lowest BCUT2D eigenvalue weighted by molar-refractivity contribution is -0.145. The van der Waals surface area contributed by atoms with Crippen molar-refractivity contribution in [3.8, 4) is 23.3 Å². The predicted octanol–water partition coefficient (Wildman–Crippen LogP) is 5.76. The molecule has 5 nitrogen and oxygen atoms in total. The highest BCUT2D eigenvalue weighted by molar-refractivity contribution is 5.95. The maximum absolute atomic E-state index is 11.6. The Bertz CT molecular complexity index is 1290. The maximum Gasteiger partial charge on any atom is 0.335 e. The number of carbonyl (C=O) groups excluding carboxylic acids is 2. The zero-order valence-corrected chi connectivity index (χ0v) is 19.4. The summed E-state index contributed by atoms with van der Waals surface area (Å²) >= 11 is 0. The molecule has 0 fully saturated rings. The fourth-order valence-corrected chi connectivity index (χ4v) is 2.89. The Hall–Kier alpha value is -4.30. The topological polar surface area (TPSA) is 61.8 Å². The normalized spacial score (nSPS) is 10.1. The Labute approximate surface area is 199 Å². The third-order valence-corrected chi connectivity index (χ3v) is 4.86. The SMILES string of the molecule is C=C(C)C(=O)CC#Cc1ccc2cc(OCc3ccc(OCOC(=O)C(=C)C)cc3)ccc2c1. The Kier molecular flexibility index (Phi) is 8.26. The van der Waals surface area contributed by atoms with Crippen molar-refractivity contribution in [1.82, 2.24) is 0 Å². The average Bonchev–Trinajstić information content (AvgIpc) is 2.83. The van der Waals surface area contributed by atoms with E-state index in [1.165, 1.54) is 0 Å². The van der Waals surface area contributed by atoms with Crippen molar-refractivity contribution in [3.05, 3.63) is 96.1 Å². The van der Waals surface area contributed by atoms with Gasteiger partial charge in [0.25, 0.3) is 0 Å². The molecule has 0 amide bonds. The van der Waals surface area contributed by atoms with Crippen LogP contribution < -0.4 is 9.47 Å². The molecule has 172 valence electrons. The number of hydrogen-bond donors (Lipinski definition) is 0. The van der Waals surface area contributed by atoms with Gasteiger partial charge in [0, 0.05) is 11.1 Å². The zero-order valence-electron chi connectivity index (χ0n) is 19.4. The van der Waals surface area contributed by atoms with Gasteiger partial charge >= 0.3 is 5.97 Å². The van der Waals surface area contributed by atoms with Crippen LogP contribution in [-0.4, -0.2) is 18.5 Å². The van der Waals surface area contributed by atoms with Crippen molar-refractivity contribution < 1.29 is 23.8 Å². The van der Waals surface area contributed by atoms with Gasteiger partial charge in [-0.2, -0.15) is 0 Å². The average molecular weight is 455 g/mol. The molecule has 0 N–H and O–H groups in total. The largest absolute Gasteiger partial charge is 0.489 e. The van der Waals surface area contributed by atoms with Gasteiger partial charge in [0.05, 0.1) is 6.42 Å². The van der Waals surface area contributed by atoms with E-state index in [0.29, 0.717) is 23.5 Å². The summed E-state index contributed by atoms with van der Waals surface area (Å²) in [6.07, 6.45) is 0.176. The Morgan fingerprint density at radius 3 is 2.21 bits per heavy atom. The van der Waals surface area contributed by atoms with E-state index < -0.39 is 5.97 Å². The van der Waals surface area contributed by atoms with Gasteiger partial charge in [0.2, 0.25) is 6.79 Å². The minimum atomic E-state index is -0.486. The Morgan fingerprint density at radius 2 is 1.50 bits per heavy atom. The summed E-state index contributed by atoms with van der Waals surface area (Å²) in [6.45, 7) is 10.7. The van der Waals surface area contributed by atoms with Crippen molar-refractivity contribution in [2.75, 3.05) is 6.79 Å². The standard InChI is InChI=1S/C29H26O5/c1-20(2)28(30)7-5-6-22-8-11-25-17-27(15-12-24(25)16-22)32-18-23-9-13-26(14-10-23)33-19-34-29(31)21(3)4/h8-17H,1,3,7,18-19H2,2,4H3. The molecule has 0 radical (unpaired) electrons. The van der Waals surface area contributed by atoms with Crippen molar-refractivity contribution in [2.45, 2.75) is 26.9 Å². The molecule has 0 saturated carbocycles. The van der Waals surface area contributed by atoms with Crippen molar-refractivity contribution in [2.24, 2.45) is 0 Å². The molecule has 0 unspecified atom stereocenters. The highest BCUT2D eigenvalue weighted by Gasteiger charge is 2.04. The van der Waals surface area contributed by atoms with Crippen LogP contribution in [-0.2, 0) is 20.9 Å². The molecule has 0 atom stereocenters. The fraction of sp³-hybridized carbons (Fsp3) is 0.172. The van der Waals surface area contributed by atoms with Gasteiger partial charge < -0.3 is 14.2 Å². The summed E-state index contributed by atoms with van der Waals surface area (Å²) in [5.41, 5.74) is 2.67. The number of benzene rings is 3. The molecule has 0 spiro atoms. The van der Waals surface area contributed by atoms with Crippen LogP contribution in [0.3, 0.4) is 0 Å². The molecule has 0 saturated heterocycles. The van der Waals surface area contributed by atoms with E-state index in [-0.39, 0.29) is 19.0 Å². The molecule has 0 aliphatic carbocycles. The number of carbonyl (C=O) groups is 2. The maximum atomic E-state index is 11.6. The number of ketones is 1. The second kappa shape index (κ2) is 11.5. The van der Waals surface area contributed by atoms with E-state index in [1.54, 1.807) is 26.0 Å².